The highest BCUT2D eigenvalue weighted by Gasteiger charge is 2.22. The molecule has 1 fully saturated rings. The monoisotopic (exact) mass is 419 g/mol. The van der Waals surface area contributed by atoms with Crippen LogP contribution in [0.15, 0.2) is 47.3 Å². The average molecular weight is 420 g/mol. The van der Waals surface area contributed by atoms with Gasteiger partial charge in [0.2, 0.25) is 0 Å². The van der Waals surface area contributed by atoms with Crippen LogP contribution >= 0.6 is 0 Å². The molecule has 31 heavy (non-hydrogen) atoms. The van der Waals surface area contributed by atoms with Crippen molar-refractivity contribution >= 4 is 5.69 Å². The third-order valence-corrected chi connectivity index (χ3v) is 6.55. The number of aromatic nitrogens is 3. The van der Waals surface area contributed by atoms with Crippen molar-refractivity contribution in [3.8, 4) is 11.4 Å². The minimum Gasteiger partial charge on any atom is -0.495 e. The molecular formula is C24H29N5O2. The van der Waals surface area contributed by atoms with Gasteiger partial charge in [0.05, 0.1) is 18.5 Å². The minimum atomic E-state index is -0.142. The topological polar surface area (TPSA) is 66.4 Å². The molecule has 0 unspecified atom stereocenters. The zero-order chi connectivity index (χ0) is 21.2. The molecular weight excluding hydrogens is 390 g/mol. The van der Waals surface area contributed by atoms with E-state index in [9.17, 15) is 4.79 Å². The van der Waals surface area contributed by atoms with Gasteiger partial charge in [-0.05, 0) is 48.6 Å². The Labute approximate surface area is 182 Å². The van der Waals surface area contributed by atoms with Crippen LogP contribution in [0.1, 0.15) is 23.4 Å². The zero-order valence-corrected chi connectivity index (χ0v) is 18.0. The lowest BCUT2D eigenvalue weighted by atomic mass is 10.1. The van der Waals surface area contributed by atoms with Crippen molar-refractivity contribution in [2.45, 2.75) is 25.7 Å². The number of anilines is 1. The number of methoxy groups -OCH3 is 1. The third kappa shape index (κ3) is 3.85. The van der Waals surface area contributed by atoms with E-state index in [1.165, 1.54) is 11.1 Å². The second kappa shape index (κ2) is 8.59. The molecule has 0 spiro atoms. The van der Waals surface area contributed by atoms with Crippen LogP contribution < -0.4 is 15.3 Å². The molecule has 1 N–H and O–H groups in total. The van der Waals surface area contributed by atoms with Gasteiger partial charge in [-0.2, -0.15) is 5.10 Å². The van der Waals surface area contributed by atoms with Crippen LogP contribution in [0.5, 0.6) is 5.75 Å². The number of ether oxygens (including phenoxy) is 1. The standard InChI is InChI=1S/C24H29N5O2/c1-31-22-11-3-2-9-21(22)28-16-14-27(15-17-28)13-12-23-25-26-24(30)29(23)20-10-5-7-18-6-4-8-19(18)20/h2-3,5,7,9-11H,4,6,8,12-17H2,1H3,(H,26,30). The average Bonchev–Trinajstić information content (AvgIpc) is 3.44. The molecule has 7 heteroatoms. The Hall–Kier alpha value is -3.06. The van der Waals surface area contributed by atoms with Gasteiger partial charge in [-0.15, -0.1) is 0 Å². The minimum absolute atomic E-state index is 0.142. The molecule has 2 aliphatic rings. The van der Waals surface area contributed by atoms with Gasteiger partial charge in [0, 0.05) is 39.1 Å². The summed E-state index contributed by atoms with van der Waals surface area (Å²) in [5.41, 5.74) is 4.69. The van der Waals surface area contributed by atoms with E-state index in [1.54, 1.807) is 11.7 Å². The van der Waals surface area contributed by atoms with Crippen molar-refractivity contribution in [1.29, 1.82) is 0 Å². The summed E-state index contributed by atoms with van der Waals surface area (Å²) in [4.78, 5) is 17.4. The molecule has 1 aliphatic carbocycles. The molecule has 0 radical (unpaired) electrons. The van der Waals surface area contributed by atoms with Crippen molar-refractivity contribution < 1.29 is 4.74 Å². The van der Waals surface area contributed by atoms with Crippen LogP contribution in [0.3, 0.4) is 0 Å². The Balaban J connectivity index is 1.26. The Morgan fingerprint density at radius 3 is 2.65 bits per heavy atom. The predicted octanol–water partition coefficient (Wildman–Crippen LogP) is 2.42. The van der Waals surface area contributed by atoms with Gasteiger partial charge < -0.3 is 9.64 Å². The molecule has 7 nitrogen and oxygen atoms in total. The molecule has 1 saturated heterocycles. The largest absolute Gasteiger partial charge is 0.495 e. The summed E-state index contributed by atoms with van der Waals surface area (Å²) in [7, 11) is 1.72. The fourth-order valence-corrected chi connectivity index (χ4v) is 4.92. The number of nitrogens with zero attached hydrogens (tertiary/aromatic N) is 4. The third-order valence-electron chi connectivity index (χ3n) is 6.55. The van der Waals surface area contributed by atoms with E-state index in [1.807, 2.05) is 12.1 Å². The normalized spacial score (nSPS) is 16.5. The maximum Gasteiger partial charge on any atom is 0.347 e. The first kappa shape index (κ1) is 19.9. The number of fused-ring (bicyclic) bond motifs is 1. The maximum atomic E-state index is 12.6. The van der Waals surface area contributed by atoms with Crippen molar-refractivity contribution in [2.75, 3.05) is 44.7 Å². The number of H-pyrrole nitrogens is 1. The molecule has 2 aromatic carbocycles. The molecule has 5 rings (SSSR count). The highest BCUT2D eigenvalue weighted by molar-refractivity contribution is 5.58. The fraction of sp³-hybridized carbons (Fsp3) is 0.417. The van der Waals surface area contributed by atoms with Crippen LogP contribution in [0.25, 0.3) is 5.69 Å². The Morgan fingerprint density at radius 1 is 1.00 bits per heavy atom. The lowest BCUT2D eigenvalue weighted by Crippen LogP contribution is -2.47. The summed E-state index contributed by atoms with van der Waals surface area (Å²) in [6, 6.07) is 14.5. The lowest BCUT2D eigenvalue weighted by Gasteiger charge is -2.36. The van der Waals surface area contributed by atoms with Gasteiger partial charge >= 0.3 is 5.69 Å². The zero-order valence-electron chi connectivity index (χ0n) is 18.0. The number of aryl methyl sites for hydroxylation is 1. The van der Waals surface area contributed by atoms with Crippen molar-refractivity contribution in [2.24, 2.45) is 0 Å². The van der Waals surface area contributed by atoms with E-state index in [0.29, 0.717) is 0 Å². The first-order valence-electron chi connectivity index (χ1n) is 11.1. The second-order valence-electron chi connectivity index (χ2n) is 8.30. The Morgan fingerprint density at radius 2 is 1.81 bits per heavy atom. The molecule has 162 valence electrons. The lowest BCUT2D eigenvalue weighted by molar-refractivity contribution is 0.258. The van der Waals surface area contributed by atoms with Crippen LogP contribution in [0, 0.1) is 0 Å². The highest BCUT2D eigenvalue weighted by atomic mass is 16.5. The highest BCUT2D eigenvalue weighted by Crippen LogP contribution is 2.29. The first-order chi connectivity index (χ1) is 15.2. The number of hydrogen-bond acceptors (Lipinski definition) is 5. The number of hydrogen-bond donors (Lipinski definition) is 1. The Bertz CT molecular complexity index is 1110. The number of piperazine rings is 1. The molecule has 2 heterocycles. The van der Waals surface area contributed by atoms with Gasteiger partial charge in [-0.1, -0.05) is 24.3 Å². The summed E-state index contributed by atoms with van der Waals surface area (Å²) in [6.07, 6.45) is 4.04. The number of nitrogens with one attached hydrogen (secondary N) is 1. The molecule has 0 atom stereocenters. The fourth-order valence-electron chi connectivity index (χ4n) is 4.92. The number of benzene rings is 2. The molecule has 0 saturated carbocycles. The Kier molecular flexibility index (Phi) is 5.51. The van der Waals surface area contributed by atoms with E-state index in [-0.39, 0.29) is 5.69 Å². The van der Waals surface area contributed by atoms with Gasteiger partial charge in [0.25, 0.3) is 0 Å². The molecule has 0 amide bonds. The quantitative estimate of drug-likeness (QED) is 0.665. The molecule has 1 aliphatic heterocycles. The number of para-hydroxylation sites is 2. The maximum absolute atomic E-state index is 12.6. The second-order valence-corrected chi connectivity index (χ2v) is 8.30. The van der Waals surface area contributed by atoms with Crippen molar-refractivity contribution in [3.63, 3.8) is 0 Å². The number of aromatic amines is 1. The van der Waals surface area contributed by atoms with E-state index >= 15 is 0 Å². The van der Waals surface area contributed by atoms with E-state index in [4.69, 9.17) is 4.74 Å². The SMILES string of the molecule is COc1ccccc1N1CCN(CCc2n[nH]c(=O)n2-c2cccc3c2CCC3)CC1. The summed E-state index contributed by atoms with van der Waals surface area (Å²) in [6.45, 7) is 4.76. The van der Waals surface area contributed by atoms with Gasteiger partial charge in [-0.25, -0.2) is 14.5 Å². The van der Waals surface area contributed by atoms with Gasteiger partial charge in [0.1, 0.15) is 11.6 Å². The smallest absolute Gasteiger partial charge is 0.347 e. The number of rotatable bonds is 6. The van der Waals surface area contributed by atoms with Crippen LogP contribution in [-0.4, -0.2) is 59.5 Å². The van der Waals surface area contributed by atoms with Gasteiger partial charge in [-0.3, -0.25) is 4.90 Å². The molecule has 0 bridgehead atoms. The molecule has 1 aromatic heterocycles. The summed E-state index contributed by atoms with van der Waals surface area (Å²) in [5.74, 6) is 1.74. The van der Waals surface area contributed by atoms with E-state index < -0.39 is 0 Å². The predicted molar refractivity (Wildman–Crippen MR) is 122 cm³/mol. The summed E-state index contributed by atoms with van der Waals surface area (Å²) < 4.78 is 7.31. The molecule has 3 aromatic rings. The van der Waals surface area contributed by atoms with E-state index in [0.717, 1.165) is 81.4 Å². The van der Waals surface area contributed by atoms with Crippen molar-refractivity contribution in [3.05, 3.63) is 69.9 Å². The first-order valence-corrected chi connectivity index (χ1v) is 11.1. The summed E-state index contributed by atoms with van der Waals surface area (Å²) >= 11 is 0. The van der Waals surface area contributed by atoms with Crippen LogP contribution in [0.4, 0.5) is 5.69 Å². The summed E-state index contributed by atoms with van der Waals surface area (Å²) in [5, 5.41) is 7.03. The van der Waals surface area contributed by atoms with Gasteiger partial charge in [0.15, 0.2) is 0 Å². The van der Waals surface area contributed by atoms with Crippen molar-refractivity contribution in [1.82, 2.24) is 19.7 Å². The van der Waals surface area contributed by atoms with E-state index in [2.05, 4.69) is 50.3 Å². The van der Waals surface area contributed by atoms with Crippen LogP contribution in [0.2, 0.25) is 0 Å². The van der Waals surface area contributed by atoms with Crippen LogP contribution in [-0.2, 0) is 19.3 Å².